The van der Waals surface area contributed by atoms with Crippen LogP contribution in [-0.2, 0) is 10.0 Å². The van der Waals surface area contributed by atoms with Crippen LogP contribution < -0.4 is 10.0 Å². The number of aromatic nitrogens is 4. The number of hydrogen-bond donors (Lipinski definition) is 2. The van der Waals surface area contributed by atoms with Gasteiger partial charge in [-0.05, 0) is 36.4 Å². The zero-order chi connectivity index (χ0) is 20.0. The lowest BCUT2D eigenvalue weighted by Gasteiger charge is -2.10. The zero-order valence-corrected chi connectivity index (χ0v) is 15.3. The highest BCUT2D eigenvalue weighted by Crippen LogP contribution is 2.18. The van der Waals surface area contributed by atoms with Crippen molar-refractivity contribution in [2.24, 2.45) is 0 Å². The van der Waals surface area contributed by atoms with Gasteiger partial charge in [0.1, 0.15) is 12.7 Å². The number of benzene rings is 1. The number of carbonyl (C=O) groups excluding carboxylic acids is 1. The molecule has 0 unspecified atom stereocenters. The Kier molecular flexibility index (Phi) is 5.73. The molecule has 28 heavy (non-hydrogen) atoms. The molecule has 10 nitrogen and oxygen atoms in total. The summed E-state index contributed by atoms with van der Waals surface area (Å²) in [5.41, 5.74) is 0.692. The van der Waals surface area contributed by atoms with Crippen molar-refractivity contribution >= 4 is 21.6 Å². The van der Waals surface area contributed by atoms with E-state index in [0.29, 0.717) is 11.5 Å². The number of sulfonamides is 1. The minimum absolute atomic E-state index is 0.00618. The molecule has 2 N–H and O–H groups in total. The third kappa shape index (κ3) is 4.37. The van der Waals surface area contributed by atoms with Crippen LogP contribution in [0.2, 0.25) is 0 Å². The van der Waals surface area contributed by atoms with Gasteiger partial charge in [0, 0.05) is 24.7 Å². The van der Waals surface area contributed by atoms with Crippen molar-refractivity contribution in [3.8, 4) is 11.9 Å². The summed E-state index contributed by atoms with van der Waals surface area (Å²) in [6.07, 6.45) is 4.44. The van der Waals surface area contributed by atoms with Gasteiger partial charge >= 0.3 is 0 Å². The third-order valence-corrected chi connectivity index (χ3v) is 5.10. The third-order valence-electron chi connectivity index (χ3n) is 3.63. The molecular weight excluding hydrogens is 382 g/mol. The molecule has 11 heteroatoms. The molecule has 0 bridgehead atoms. The molecule has 0 spiro atoms. The number of rotatable bonds is 7. The average Bonchev–Trinajstić information content (AvgIpc) is 3.23. The van der Waals surface area contributed by atoms with Gasteiger partial charge in [0.2, 0.25) is 10.0 Å². The number of amides is 1. The number of anilines is 1. The van der Waals surface area contributed by atoms with Crippen molar-refractivity contribution < 1.29 is 13.2 Å². The second-order valence-electron chi connectivity index (χ2n) is 5.50. The van der Waals surface area contributed by atoms with E-state index >= 15 is 0 Å². The van der Waals surface area contributed by atoms with Gasteiger partial charge < -0.3 is 5.32 Å². The summed E-state index contributed by atoms with van der Waals surface area (Å²) in [5.74, 6) is -0.0370. The van der Waals surface area contributed by atoms with Crippen molar-refractivity contribution in [3.63, 3.8) is 0 Å². The molecule has 0 radical (unpaired) electrons. The van der Waals surface area contributed by atoms with Crippen LogP contribution >= 0.6 is 0 Å². The summed E-state index contributed by atoms with van der Waals surface area (Å²) in [5, 5.41) is 15.2. The number of pyridine rings is 1. The second kappa shape index (κ2) is 8.38. The van der Waals surface area contributed by atoms with Gasteiger partial charge in [-0.2, -0.15) is 10.4 Å². The predicted octanol–water partition coefficient (Wildman–Crippen LogP) is 1.11. The van der Waals surface area contributed by atoms with Crippen LogP contribution in [-0.4, -0.2) is 40.6 Å². The lowest BCUT2D eigenvalue weighted by molar-refractivity contribution is 0.102. The van der Waals surface area contributed by atoms with E-state index in [9.17, 15) is 13.2 Å². The van der Waals surface area contributed by atoms with Gasteiger partial charge in [-0.25, -0.2) is 27.8 Å². The number of nitriles is 1. The van der Waals surface area contributed by atoms with Crippen molar-refractivity contribution in [3.05, 3.63) is 60.8 Å². The van der Waals surface area contributed by atoms with E-state index in [1.807, 2.05) is 6.07 Å². The second-order valence-corrected chi connectivity index (χ2v) is 7.27. The van der Waals surface area contributed by atoms with E-state index in [1.54, 1.807) is 18.3 Å². The molecule has 1 aromatic carbocycles. The summed E-state index contributed by atoms with van der Waals surface area (Å²) in [6, 6.07) is 10.6. The molecule has 0 aliphatic carbocycles. The number of hydrogen-bond acceptors (Lipinski definition) is 7. The smallest absolute Gasteiger partial charge is 0.255 e. The molecule has 0 atom stereocenters. The quantitative estimate of drug-likeness (QED) is 0.568. The van der Waals surface area contributed by atoms with E-state index in [4.69, 9.17) is 5.26 Å². The summed E-state index contributed by atoms with van der Waals surface area (Å²) in [7, 11) is -3.73. The maximum absolute atomic E-state index is 12.5. The van der Waals surface area contributed by atoms with Gasteiger partial charge in [0.15, 0.2) is 5.82 Å². The van der Waals surface area contributed by atoms with Gasteiger partial charge in [-0.15, -0.1) is 0 Å². The summed E-state index contributed by atoms with van der Waals surface area (Å²) in [6.45, 7) is 0.0210. The molecule has 3 rings (SSSR count). The van der Waals surface area contributed by atoms with Gasteiger partial charge in [0.25, 0.3) is 5.91 Å². The maximum Gasteiger partial charge on any atom is 0.255 e. The molecule has 0 saturated heterocycles. The highest BCUT2D eigenvalue weighted by atomic mass is 32.2. The zero-order valence-electron chi connectivity index (χ0n) is 14.5. The fourth-order valence-corrected chi connectivity index (χ4v) is 3.33. The number of carbonyl (C=O) groups is 1. The first kappa shape index (κ1) is 19.2. The van der Waals surface area contributed by atoms with Crippen molar-refractivity contribution in [2.45, 2.75) is 11.3 Å². The largest absolute Gasteiger partial charge is 0.319 e. The van der Waals surface area contributed by atoms with E-state index < -0.39 is 15.9 Å². The summed E-state index contributed by atoms with van der Waals surface area (Å²) < 4.78 is 27.9. The lowest BCUT2D eigenvalue weighted by atomic mass is 10.2. The Labute approximate surface area is 160 Å². The Balaban J connectivity index is 1.76. The molecule has 0 saturated carbocycles. The van der Waals surface area contributed by atoms with Gasteiger partial charge in [-0.3, -0.25) is 4.79 Å². The molecule has 0 aliphatic rings. The Morgan fingerprint density at radius 2 is 2.00 bits per heavy atom. The van der Waals surface area contributed by atoms with E-state index in [0.717, 1.165) is 0 Å². The Morgan fingerprint density at radius 3 is 2.68 bits per heavy atom. The Hall–Kier alpha value is -3.62. The first-order chi connectivity index (χ1) is 13.5. The molecule has 0 aliphatic heterocycles. The topological polar surface area (TPSA) is 143 Å². The fourth-order valence-electron chi connectivity index (χ4n) is 2.30. The molecular formula is C17H15N7O3S. The normalized spacial score (nSPS) is 11.0. The van der Waals surface area contributed by atoms with Crippen LogP contribution in [0.4, 0.5) is 5.69 Å². The minimum Gasteiger partial charge on any atom is -0.319 e. The average molecular weight is 397 g/mol. The van der Waals surface area contributed by atoms with Crippen molar-refractivity contribution in [2.75, 3.05) is 11.9 Å². The monoisotopic (exact) mass is 397 g/mol. The minimum atomic E-state index is -3.73. The first-order valence-electron chi connectivity index (χ1n) is 8.09. The van der Waals surface area contributed by atoms with E-state index in [-0.39, 0.29) is 23.4 Å². The SMILES string of the molecule is N#CCCNS(=O)(=O)c1ccc(C(=O)Nc2cccnc2-n2cncn2)cc1. The number of nitrogens with one attached hydrogen (secondary N) is 2. The van der Waals surface area contributed by atoms with Crippen LogP contribution in [0, 0.1) is 11.3 Å². The maximum atomic E-state index is 12.5. The van der Waals surface area contributed by atoms with Crippen LogP contribution in [0.5, 0.6) is 0 Å². The highest BCUT2D eigenvalue weighted by Gasteiger charge is 2.15. The van der Waals surface area contributed by atoms with Crippen molar-refractivity contribution in [1.82, 2.24) is 24.5 Å². The Morgan fingerprint density at radius 1 is 1.21 bits per heavy atom. The summed E-state index contributed by atoms with van der Waals surface area (Å²) >= 11 is 0. The predicted molar refractivity (Wildman–Crippen MR) is 99.0 cm³/mol. The van der Waals surface area contributed by atoms with Crippen LogP contribution in [0.25, 0.3) is 5.82 Å². The molecule has 0 fully saturated rings. The molecule has 142 valence electrons. The van der Waals surface area contributed by atoms with Gasteiger partial charge in [0.05, 0.1) is 16.7 Å². The molecule has 2 aromatic heterocycles. The molecule has 3 aromatic rings. The van der Waals surface area contributed by atoms with Crippen molar-refractivity contribution in [1.29, 1.82) is 5.26 Å². The Bertz CT molecular complexity index is 1100. The molecule has 2 heterocycles. The van der Waals surface area contributed by atoms with Gasteiger partial charge in [-0.1, -0.05) is 0 Å². The standard InChI is InChI=1S/C17H15N7O3S/c18-8-2-10-22-28(26,27)14-6-4-13(5-7-14)17(25)23-15-3-1-9-20-16(15)24-12-19-11-21-24/h1,3-7,9,11-12,22H,2,10H2,(H,23,25). The van der Waals surface area contributed by atoms with Crippen LogP contribution in [0.1, 0.15) is 16.8 Å². The van der Waals surface area contributed by atoms with E-state index in [2.05, 4.69) is 25.1 Å². The molecule has 1 amide bonds. The van der Waals surface area contributed by atoms with E-state index in [1.165, 1.54) is 41.6 Å². The number of nitrogens with zero attached hydrogens (tertiary/aromatic N) is 5. The first-order valence-corrected chi connectivity index (χ1v) is 9.57. The highest BCUT2D eigenvalue weighted by molar-refractivity contribution is 7.89. The van der Waals surface area contributed by atoms with Crippen LogP contribution in [0.3, 0.4) is 0 Å². The summed E-state index contributed by atoms with van der Waals surface area (Å²) in [4.78, 5) is 20.6. The lowest BCUT2D eigenvalue weighted by Crippen LogP contribution is -2.24. The fraction of sp³-hybridized carbons (Fsp3) is 0.118. The van der Waals surface area contributed by atoms with Crippen LogP contribution in [0.15, 0.2) is 60.1 Å².